The van der Waals surface area contributed by atoms with Crippen molar-refractivity contribution in [3.8, 4) is 0 Å². The molecular formula is C13H21N5. The van der Waals surface area contributed by atoms with Crippen molar-refractivity contribution in [2.24, 2.45) is 9.98 Å². The molecule has 0 aromatic carbocycles. The number of nitrogens with zero attached hydrogens (tertiary/aromatic N) is 4. The Labute approximate surface area is 108 Å². The molecule has 5 nitrogen and oxygen atoms in total. The molecule has 18 heavy (non-hydrogen) atoms. The van der Waals surface area contributed by atoms with Gasteiger partial charge in [0.05, 0.1) is 18.3 Å². The van der Waals surface area contributed by atoms with E-state index >= 15 is 0 Å². The topological polar surface area (TPSA) is 43.2 Å². The molecule has 0 radical (unpaired) electrons. The summed E-state index contributed by atoms with van der Waals surface area (Å²) in [6, 6.07) is 0.495. The highest BCUT2D eigenvalue weighted by molar-refractivity contribution is 5.93. The molecule has 3 aliphatic rings. The lowest BCUT2D eigenvalue weighted by molar-refractivity contribution is 0.217. The van der Waals surface area contributed by atoms with E-state index < -0.39 is 0 Å². The summed E-state index contributed by atoms with van der Waals surface area (Å²) in [4.78, 5) is 11.6. The largest absolute Gasteiger partial charge is 0.295 e. The first-order chi connectivity index (χ1) is 8.83. The quantitative estimate of drug-likeness (QED) is 0.818. The smallest absolute Gasteiger partial charge is 0.246 e. The van der Waals surface area contributed by atoms with Crippen LogP contribution in [0, 0.1) is 0 Å². The van der Waals surface area contributed by atoms with E-state index in [1.165, 1.54) is 30.5 Å². The Morgan fingerprint density at radius 3 is 3.06 bits per heavy atom. The molecular weight excluding hydrogens is 226 g/mol. The molecule has 1 unspecified atom stereocenters. The zero-order valence-electron chi connectivity index (χ0n) is 11.2. The van der Waals surface area contributed by atoms with Gasteiger partial charge in [-0.1, -0.05) is 13.8 Å². The van der Waals surface area contributed by atoms with E-state index in [1.54, 1.807) is 6.34 Å². The van der Waals surface area contributed by atoms with Gasteiger partial charge in [-0.2, -0.15) is 0 Å². The van der Waals surface area contributed by atoms with Crippen molar-refractivity contribution in [3.05, 3.63) is 11.3 Å². The predicted molar refractivity (Wildman–Crippen MR) is 73.4 cm³/mol. The van der Waals surface area contributed by atoms with Crippen LogP contribution in [0.2, 0.25) is 0 Å². The van der Waals surface area contributed by atoms with E-state index in [1.807, 2.05) is 5.01 Å². The molecule has 5 heteroatoms. The molecule has 0 spiro atoms. The number of aliphatic imine (C=N–C) groups is 2. The van der Waals surface area contributed by atoms with Crippen molar-refractivity contribution in [1.82, 2.24) is 15.3 Å². The Bertz CT molecular complexity index is 419. The van der Waals surface area contributed by atoms with E-state index in [2.05, 4.69) is 29.2 Å². The summed E-state index contributed by atoms with van der Waals surface area (Å²) in [5.74, 6) is 0.827. The van der Waals surface area contributed by atoms with E-state index in [0.29, 0.717) is 6.04 Å². The van der Waals surface area contributed by atoms with Crippen LogP contribution in [0.5, 0.6) is 0 Å². The van der Waals surface area contributed by atoms with Crippen molar-refractivity contribution in [2.45, 2.75) is 39.2 Å². The summed E-state index contributed by atoms with van der Waals surface area (Å²) < 4.78 is 0. The number of likely N-dealkylation sites (N-methyl/N-ethyl adjacent to an activating group) is 1. The molecule has 0 bridgehead atoms. The number of guanidine groups is 1. The van der Waals surface area contributed by atoms with Gasteiger partial charge in [-0.25, -0.2) is 15.0 Å². The van der Waals surface area contributed by atoms with Gasteiger partial charge in [-0.3, -0.25) is 10.3 Å². The van der Waals surface area contributed by atoms with Gasteiger partial charge >= 0.3 is 0 Å². The maximum Gasteiger partial charge on any atom is 0.246 e. The molecule has 0 fully saturated rings. The molecule has 0 saturated carbocycles. The average molecular weight is 247 g/mol. The van der Waals surface area contributed by atoms with Gasteiger partial charge in [0, 0.05) is 0 Å². The highest BCUT2D eigenvalue weighted by Crippen LogP contribution is 2.32. The molecule has 0 amide bonds. The normalized spacial score (nSPS) is 26.1. The van der Waals surface area contributed by atoms with Crippen LogP contribution in [-0.2, 0) is 0 Å². The number of hydrogen-bond donors (Lipinski definition) is 1. The summed E-state index contributed by atoms with van der Waals surface area (Å²) in [6.45, 7) is 7.58. The second-order valence-corrected chi connectivity index (χ2v) is 5.00. The maximum atomic E-state index is 4.78. The molecule has 2 heterocycles. The van der Waals surface area contributed by atoms with Crippen LogP contribution < -0.4 is 5.43 Å². The second-order valence-electron chi connectivity index (χ2n) is 5.00. The number of hydrogen-bond acceptors (Lipinski definition) is 5. The molecule has 0 aromatic heterocycles. The van der Waals surface area contributed by atoms with Gasteiger partial charge < -0.3 is 0 Å². The highest BCUT2D eigenvalue weighted by atomic mass is 15.6. The lowest BCUT2D eigenvalue weighted by Crippen LogP contribution is -2.44. The van der Waals surface area contributed by atoms with Gasteiger partial charge in [0.1, 0.15) is 6.34 Å². The Morgan fingerprint density at radius 1 is 1.44 bits per heavy atom. The Hall–Kier alpha value is -1.36. The van der Waals surface area contributed by atoms with Gasteiger partial charge in [0.2, 0.25) is 5.96 Å². The fourth-order valence-corrected chi connectivity index (χ4v) is 3.13. The minimum Gasteiger partial charge on any atom is -0.295 e. The van der Waals surface area contributed by atoms with Crippen molar-refractivity contribution < 1.29 is 0 Å². The van der Waals surface area contributed by atoms with Gasteiger partial charge in [0.15, 0.2) is 0 Å². The van der Waals surface area contributed by atoms with Gasteiger partial charge in [-0.05, 0) is 37.9 Å². The van der Waals surface area contributed by atoms with E-state index in [0.717, 1.165) is 25.6 Å². The third-order valence-electron chi connectivity index (χ3n) is 4.09. The Kier molecular flexibility index (Phi) is 3.07. The summed E-state index contributed by atoms with van der Waals surface area (Å²) >= 11 is 0. The average Bonchev–Trinajstić information content (AvgIpc) is 2.85. The number of fused-ring (bicyclic) bond motifs is 1. The van der Waals surface area contributed by atoms with Crippen LogP contribution in [0.4, 0.5) is 0 Å². The van der Waals surface area contributed by atoms with Crippen molar-refractivity contribution >= 4 is 12.3 Å². The van der Waals surface area contributed by atoms with Crippen molar-refractivity contribution in [2.75, 3.05) is 19.6 Å². The molecule has 98 valence electrons. The summed E-state index contributed by atoms with van der Waals surface area (Å²) in [6.07, 6.45) is 5.42. The molecule has 1 N–H and O–H groups in total. The van der Waals surface area contributed by atoms with Crippen LogP contribution >= 0.6 is 0 Å². The summed E-state index contributed by atoms with van der Waals surface area (Å²) in [5, 5.41) is 2.03. The number of rotatable bonds is 3. The Balaban J connectivity index is 1.91. The molecule has 2 aliphatic heterocycles. The lowest BCUT2D eigenvalue weighted by Gasteiger charge is -2.37. The monoisotopic (exact) mass is 247 g/mol. The molecule has 1 aliphatic carbocycles. The van der Waals surface area contributed by atoms with Crippen LogP contribution in [0.3, 0.4) is 0 Å². The fourth-order valence-electron chi connectivity index (χ4n) is 3.13. The van der Waals surface area contributed by atoms with Crippen LogP contribution in [0.15, 0.2) is 21.3 Å². The van der Waals surface area contributed by atoms with E-state index in [4.69, 9.17) is 4.99 Å². The van der Waals surface area contributed by atoms with E-state index in [9.17, 15) is 0 Å². The zero-order valence-corrected chi connectivity index (χ0v) is 11.2. The van der Waals surface area contributed by atoms with Crippen molar-refractivity contribution in [1.29, 1.82) is 0 Å². The first-order valence-corrected chi connectivity index (χ1v) is 6.94. The lowest BCUT2D eigenvalue weighted by atomic mass is 9.90. The van der Waals surface area contributed by atoms with Crippen LogP contribution in [0.25, 0.3) is 0 Å². The van der Waals surface area contributed by atoms with Crippen LogP contribution in [-0.4, -0.2) is 47.9 Å². The van der Waals surface area contributed by atoms with Crippen molar-refractivity contribution in [3.63, 3.8) is 0 Å². The predicted octanol–water partition coefficient (Wildman–Crippen LogP) is 1.35. The number of nitrogens with one attached hydrogen (secondary N) is 1. The summed E-state index contributed by atoms with van der Waals surface area (Å²) in [5.41, 5.74) is 5.90. The van der Waals surface area contributed by atoms with E-state index in [-0.39, 0.29) is 0 Å². The number of hydrazine groups is 1. The minimum atomic E-state index is 0.495. The first-order valence-electron chi connectivity index (χ1n) is 6.94. The summed E-state index contributed by atoms with van der Waals surface area (Å²) in [7, 11) is 0. The highest BCUT2D eigenvalue weighted by Gasteiger charge is 2.32. The van der Waals surface area contributed by atoms with Gasteiger partial charge in [0.25, 0.3) is 0 Å². The first kappa shape index (κ1) is 11.7. The molecule has 0 aromatic rings. The minimum absolute atomic E-state index is 0.495. The van der Waals surface area contributed by atoms with Gasteiger partial charge in [-0.15, -0.1) is 0 Å². The standard InChI is InChI=1S/C13H21N5/c1-3-17(4-2)11-7-5-6-10-8-18-13(14-9-15-18)16-12(10)11/h9,11H,3-8H2,1-2H3,(H,14,15,16). The molecule has 1 atom stereocenters. The third kappa shape index (κ3) is 1.82. The molecule has 3 rings (SSSR count). The maximum absolute atomic E-state index is 4.78. The molecule has 0 saturated heterocycles. The zero-order chi connectivity index (χ0) is 12.5. The Morgan fingerprint density at radius 2 is 2.28 bits per heavy atom. The second kappa shape index (κ2) is 4.72. The van der Waals surface area contributed by atoms with Crippen LogP contribution in [0.1, 0.15) is 33.1 Å². The third-order valence-corrected chi connectivity index (χ3v) is 4.09. The fraction of sp³-hybridized carbons (Fsp3) is 0.692. The SMILES string of the molecule is CCN(CC)C1CCCC2=C1N=C1N=CNN1C2.